The Bertz CT molecular complexity index is 3420. The van der Waals surface area contributed by atoms with E-state index in [9.17, 15) is 10.5 Å². The second kappa shape index (κ2) is 11.8. The van der Waals surface area contributed by atoms with Crippen LogP contribution in [0.4, 0.5) is 0 Å². The quantitative estimate of drug-likeness (QED) is 0.184. The topological polar surface area (TPSA) is 62.4 Å². The fourth-order valence-electron chi connectivity index (χ4n) is 8.84. The number of hydrogen-bond donors (Lipinski definition) is 0. The van der Waals surface area contributed by atoms with Crippen LogP contribution >= 0.6 is 0 Å². The van der Waals surface area contributed by atoms with E-state index in [1.165, 1.54) is 10.8 Å². The summed E-state index contributed by atoms with van der Waals surface area (Å²) in [7, 11) is 0. The Morgan fingerprint density at radius 1 is 0.309 bits per heavy atom. The van der Waals surface area contributed by atoms with Crippen molar-refractivity contribution < 1.29 is 0 Å². The number of benzene rings is 8. The second-order valence-electron chi connectivity index (χ2n) is 14.0. The SMILES string of the molecule is N#Cc1ccc(-n2c3ccccc3c3c(-n4c5ccccc5c5ccccc54)cccc32)c(-c2ccccc2-n2c3ccccc3c3ccc(C#N)cc32)c1. The van der Waals surface area contributed by atoms with Crippen molar-refractivity contribution in [1.29, 1.82) is 10.5 Å². The molecule has 0 fully saturated rings. The summed E-state index contributed by atoms with van der Waals surface area (Å²) in [5.41, 5.74) is 12.6. The van der Waals surface area contributed by atoms with Crippen LogP contribution in [-0.2, 0) is 0 Å². The third kappa shape index (κ3) is 4.39. The standard InChI is InChI=1S/C50H29N5/c51-30-32-25-27-46(40(28-32)37-15-4-9-20-44(37)55-43-19-8-3-14-36(43)38-26-24-33(31-52)29-49(38)55)54-45-21-10-5-16-39(45)50-47(22-11-23-48(50)54)53-41-17-6-1-12-34(41)35-13-2-7-18-42(35)53/h1-29H. The first kappa shape index (κ1) is 30.7. The van der Waals surface area contributed by atoms with E-state index in [1.54, 1.807) is 0 Å². The molecule has 0 aliphatic rings. The third-order valence-electron chi connectivity index (χ3n) is 11.1. The van der Waals surface area contributed by atoms with Gasteiger partial charge in [-0.3, -0.25) is 0 Å². The zero-order valence-corrected chi connectivity index (χ0v) is 29.5. The number of hydrogen-bond acceptors (Lipinski definition) is 2. The Morgan fingerprint density at radius 3 is 1.40 bits per heavy atom. The van der Waals surface area contributed by atoms with Gasteiger partial charge in [0.25, 0.3) is 0 Å². The summed E-state index contributed by atoms with van der Waals surface area (Å²) >= 11 is 0. The summed E-state index contributed by atoms with van der Waals surface area (Å²) in [6.45, 7) is 0. The normalized spacial score (nSPS) is 11.6. The lowest BCUT2D eigenvalue weighted by Gasteiger charge is -2.19. The summed E-state index contributed by atoms with van der Waals surface area (Å²) in [6, 6.07) is 65.9. The lowest BCUT2D eigenvalue weighted by Crippen LogP contribution is -2.02. The zero-order valence-electron chi connectivity index (χ0n) is 29.5. The summed E-state index contributed by atoms with van der Waals surface area (Å²) in [4.78, 5) is 0. The van der Waals surface area contributed by atoms with Gasteiger partial charge in [0, 0.05) is 43.4 Å². The van der Waals surface area contributed by atoms with Crippen LogP contribution in [0.2, 0.25) is 0 Å². The summed E-state index contributed by atoms with van der Waals surface area (Å²) in [5.74, 6) is 0. The molecule has 0 amide bonds. The van der Waals surface area contributed by atoms with Crippen molar-refractivity contribution in [3.63, 3.8) is 0 Å². The number of fused-ring (bicyclic) bond motifs is 9. The van der Waals surface area contributed by atoms with Crippen molar-refractivity contribution in [2.45, 2.75) is 0 Å². The molecule has 0 N–H and O–H groups in total. The molecule has 0 aliphatic heterocycles. The predicted octanol–water partition coefficient (Wildman–Crippen LogP) is 12.4. The molecule has 0 aliphatic carbocycles. The molecule has 11 aromatic rings. The molecule has 0 saturated heterocycles. The first-order chi connectivity index (χ1) is 27.2. The maximum Gasteiger partial charge on any atom is 0.0992 e. The van der Waals surface area contributed by atoms with Gasteiger partial charge >= 0.3 is 0 Å². The lowest BCUT2D eigenvalue weighted by atomic mass is 9.98. The van der Waals surface area contributed by atoms with Crippen molar-refractivity contribution in [2.24, 2.45) is 0 Å². The molecule has 0 radical (unpaired) electrons. The Balaban J connectivity index is 1.24. The van der Waals surface area contributed by atoms with Crippen molar-refractivity contribution in [1.82, 2.24) is 13.7 Å². The van der Waals surface area contributed by atoms with Crippen LogP contribution < -0.4 is 0 Å². The number of nitrogens with zero attached hydrogens (tertiary/aromatic N) is 5. The Kier molecular flexibility index (Phi) is 6.61. The van der Waals surface area contributed by atoms with Crippen molar-refractivity contribution in [3.05, 3.63) is 187 Å². The molecular weight excluding hydrogens is 671 g/mol. The molecule has 55 heavy (non-hydrogen) atoms. The van der Waals surface area contributed by atoms with Crippen LogP contribution in [0.1, 0.15) is 11.1 Å². The van der Waals surface area contributed by atoms with Gasteiger partial charge in [-0.1, -0.05) is 103 Å². The van der Waals surface area contributed by atoms with E-state index in [2.05, 4.69) is 171 Å². The number of aromatic nitrogens is 3. The second-order valence-corrected chi connectivity index (χ2v) is 14.0. The highest BCUT2D eigenvalue weighted by Crippen LogP contribution is 2.43. The summed E-state index contributed by atoms with van der Waals surface area (Å²) in [5, 5.41) is 27.1. The highest BCUT2D eigenvalue weighted by atomic mass is 15.0. The molecule has 11 rings (SSSR count). The molecule has 0 saturated carbocycles. The van der Waals surface area contributed by atoms with Gasteiger partial charge in [-0.25, -0.2) is 0 Å². The van der Waals surface area contributed by atoms with Crippen LogP contribution in [0.5, 0.6) is 0 Å². The minimum Gasteiger partial charge on any atom is -0.309 e. The maximum absolute atomic E-state index is 10.3. The van der Waals surface area contributed by atoms with Gasteiger partial charge in [-0.15, -0.1) is 0 Å². The molecule has 5 nitrogen and oxygen atoms in total. The van der Waals surface area contributed by atoms with Crippen molar-refractivity contribution in [2.75, 3.05) is 0 Å². The largest absolute Gasteiger partial charge is 0.309 e. The molecule has 3 heterocycles. The maximum atomic E-state index is 10.3. The lowest BCUT2D eigenvalue weighted by molar-refractivity contribution is 1.15. The van der Waals surface area contributed by atoms with Crippen LogP contribution in [-0.4, -0.2) is 13.7 Å². The first-order valence-corrected chi connectivity index (χ1v) is 18.3. The zero-order chi connectivity index (χ0) is 36.6. The summed E-state index contributed by atoms with van der Waals surface area (Å²) < 4.78 is 7.02. The van der Waals surface area contributed by atoms with Crippen molar-refractivity contribution >= 4 is 65.4 Å². The Hall–Kier alpha value is -7.86. The van der Waals surface area contributed by atoms with Gasteiger partial charge in [-0.05, 0) is 72.8 Å². The Morgan fingerprint density at radius 2 is 0.745 bits per heavy atom. The highest BCUT2D eigenvalue weighted by Gasteiger charge is 2.23. The predicted molar refractivity (Wildman–Crippen MR) is 224 cm³/mol. The molecule has 3 aromatic heterocycles. The van der Waals surface area contributed by atoms with Crippen LogP contribution in [0.25, 0.3) is 93.6 Å². The highest BCUT2D eigenvalue weighted by molar-refractivity contribution is 6.17. The van der Waals surface area contributed by atoms with Crippen LogP contribution in [0.15, 0.2) is 176 Å². The molecule has 0 atom stereocenters. The first-order valence-electron chi connectivity index (χ1n) is 18.3. The van der Waals surface area contributed by atoms with E-state index in [1.807, 2.05) is 30.3 Å². The molecule has 0 bridgehead atoms. The van der Waals surface area contributed by atoms with Crippen LogP contribution in [0.3, 0.4) is 0 Å². The van der Waals surface area contributed by atoms with E-state index < -0.39 is 0 Å². The van der Waals surface area contributed by atoms with E-state index in [0.29, 0.717) is 11.1 Å². The average Bonchev–Trinajstić information content (AvgIpc) is 3.89. The molecule has 0 spiro atoms. The van der Waals surface area contributed by atoms with Gasteiger partial charge in [0.2, 0.25) is 0 Å². The fraction of sp³-hybridized carbons (Fsp3) is 0. The minimum absolute atomic E-state index is 0.578. The van der Waals surface area contributed by atoms with E-state index in [4.69, 9.17) is 0 Å². The number of rotatable bonds is 4. The van der Waals surface area contributed by atoms with Crippen molar-refractivity contribution in [3.8, 4) is 40.3 Å². The van der Waals surface area contributed by atoms with E-state index >= 15 is 0 Å². The van der Waals surface area contributed by atoms with Crippen LogP contribution in [0, 0.1) is 22.7 Å². The van der Waals surface area contributed by atoms with E-state index in [0.717, 1.165) is 82.8 Å². The average molecular weight is 700 g/mol. The third-order valence-corrected chi connectivity index (χ3v) is 11.1. The monoisotopic (exact) mass is 699 g/mol. The van der Waals surface area contributed by atoms with Gasteiger partial charge in [0.15, 0.2) is 0 Å². The minimum atomic E-state index is 0.578. The van der Waals surface area contributed by atoms with Gasteiger partial charge < -0.3 is 13.7 Å². The van der Waals surface area contributed by atoms with Gasteiger partial charge in [-0.2, -0.15) is 10.5 Å². The fourth-order valence-corrected chi connectivity index (χ4v) is 8.84. The Labute approximate surface area is 316 Å². The molecule has 8 aromatic carbocycles. The number of para-hydroxylation sites is 5. The van der Waals surface area contributed by atoms with Gasteiger partial charge in [0.1, 0.15) is 0 Å². The number of nitriles is 2. The summed E-state index contributed by atoms with van der Waals surface area (Å²) in [6.07, 6.45) is 0. The van der Waals surface area contributed by atoms with Gasteiger partial charge in [0.05, 0.1) is 73.4 Å². The smallest absolute Gasteiger partial charge is 0.0992 e. The molecule has 5 heteroatoms. The molecule has 254 valence electrons. The molecule has 0 unspecified atom stereocenters. The van der Waals surface area contributed by atoms with E-state index in [-0.39, 0.29) is 0 Å². The molecular formula is C50H29N5.